The molecule has 1 heterocycles. The summed E-state index contributed by atoms with van der Waals surface area (Å²) in [5.41, 5.74) is 4.09. The number of nitrogens with zero attached hydrogens (tertiary/aromatic N) is 3. The lowest BCUT2D eigenvalue weighted by Gasteiger charge is -2.23. The first kappa shape index (κ1) is 18.9. The van der Waals surface area contributed by atoms with E-state index in [1.807, 2.05) is 42.3 Å². The number of anilines is 2. The Morgan fingerprint density at radius 2 is 2.04 bits per heavy atom. The topological polar surface area (TPSA) is 108 Å². The molecule has 28 heavy (non-hydrogen) atoms. The van der Waals surface area contributed by atoms with E-state index in [1.165, 1.54) is 12.6 Å². The average molecular weight is 378 g/mol. The molecule has 3 rings (SSSR count). The van der Waals surface area contributed by atoms with Crippen molar-refractivity contribution in [3.63, 3.8) is 0 Å². The number of aromatic nitrogens is 1. The number of ether oxygens (including phenoxy) is 2. The summed E-state index contributed by atoms with van der Waals surface area (Å²) in [7, 11) is 3.35. The molecule has 0 radical (unpaired) electrons. The minimum Gasteiger partial charge on any atom is -0.493 e. The van der Waals surface area contributed by atoms with Crippen LogP contribution in [0, 0.1) is 11.3 Å². The number of methoxy groups -OCH3 is 1. The molecule has 1 aromatic heterocycles. The number of carbonyl (C=O) groups is 1. The first-order valence-electron chi connectivity index (χ1n) is 8.34. The fraction of sp³-hybridized carbons (Fsp3) is 0.150. The van der Waals surface area contributed by atoms with E-state index in [0.717, 1.165) is 16.8 Å². The number of para-hydroxylation sites is 1. The fourth-order valence-corrected chi connectivity index (χ4v) is 2.79. The third kappa shape index (κ3) is 3.79. The van der Waals surface area contributed by atoms with Gasteiger partial charge in [-0.1, -0.05) is 18.2 Å². The van der Waals surface area contributed by atoms with E-state index in [2.05, 4.69) is 11.1 Å². The quantitative estimate of drug-likeness (QED) is 0.501. The van der Waals surface area contributed by atoms with Gasteiger partial charge >= 0.3 is 0 Å². The molecule has 0 bridgehead atoms. The van der Waals surface area contributed by atoms with Crippen LogP contribution in [0.5, 0.6) is 11.5 Å². The van der Waals surface area contributed by atoms with Crippen LogP contribution in [0.25, 0.3) is 10.9 Å². The number of rotatable bonds is 6. The summed E-state index contributed by atoms with van der Waals surface area (Å²) < 4.78 is 10.7. The van der Waals surface area contributed by atoms with Crippen LogP contribution >= 0.6 is 0 Å². The van der Waals surface area contributed by atoms with Crippen LogP contribution in [0.15, 0.2) is 48.5 Å². The van der Waals surface area contributed by atoms with Gasteiger partial charge in [0, 0.05) is 24.2 Å². The maximum Gasteiger partial charge on any atom is 0.281 e. The normalized spacial score (nSPS) is 10.2. The molecule has 0 aliphatic carbocycles. The SMILES string of the molecule is COc1ccc(N(C)c2cc(C#N)nc3ccccc23)cc1OCC(=O)NO. The number of nitriles is 1. The number of hydroxylamine groups is 1. The highest BCUT2D eigenvalue weighted by Crippen LogP contribution is 2.36. The fourth-order valence-electron chi connectivity index (χ4n) is 2.79. The monoisotopic (exact) mass is 378 g/mol. The Hall–Kier alpha value is -3.83. The highest BCUT2D eigenvalue weighted by molar-refractivity contribution is 5.94. The lowest BCUT2D eigenvalue weighted by atomic mass is 10.1. The zero-order valence-electron chi connectivity index (χ0n) is 15.3. The number of pyridine rings is 1. The molecule has 8 heteroatoms. The van der Waals surface area contributed by atoms with Gasteiger partial charge in [0.25, 0.3) is 5.91 Å². The molecule has 0 unspecified atom stereocenters. The van der Waals surface area contributed by atoms with Crippen LogP contribution < -0.4 is 19.9 Å². The molecule has 3 aromatic rings. The molecule has 2 N–H and O–H groups in total. The standard InChI is InChI=1S/C20H18N4O4/c1-24(17-9-13(11-21)22-16-6-4-3-5-15(16)17)14-7-8-18(27-2)19(10-14)28-12-20(25)23-26/h3-10,26H,12H2,1-2H3,(H,23,25). The lowest BCUT2D eigenvalue weighted by molar-refractivity contribution is -0.131. The van der Waals surface area contributed by atoms with Crippen LogP contribution in [0.1, 0.15) is 5.69 Å². The second kappa shape index (κ2) is 8.24. The van der Waals surface area contributed by atoms with Gasteiger partial charge in [-0.05, 0) is 24.3 Å². The van der Waals surface area contributed by atoms with Gasteiger partial charge in [-0.3, -0.25) is 10.0 Å². The maximum absolute atomic E-state index is 11.3. The smallest absolute Gasteiger partial charge is 0.281 e. The van der Waals surface area contributed by atoms with Gasteiger partial charge in [-0.15, -0.1) is 0 Å². The highest BCUT2D eigenvalue weighted by atomic mass is 16.5. The van der Waals surface area contributed by atoms with Crippen molar-refractivity contribution in [3.8, 4) is 17.6 Å². The molecule has 8 nitrogen and oxygen atoms in total. The highest BCUT2D eigenvalue weighted by Gasteiger charge is 2.15. The van der Waals surface area contributed by atoms with Crippen LogP contribution in [0.2, 0.25) is 0 Å². The number of carbonyl (C=O) groups excluding carboxylic acids is 1. The first-order valence-corrected chi connectivity index (χ1v) is 8.34. The Morgan fingerprint density at radius 1 is 1.25 bits per heavy atom. The summed E-state index contributed by atoms with van der Waals surface area (Å²) in [6.45, 7) is -0.364. The lowest BCUT2D eigenvalue weighted by Crippen LogP contribution is -2.25. The third-order valence-electron chi connectivity index (χ3n) is 4.19. The summed E-state index contributed by atoms with van der Waals surface area (Å²) in [5.74, 6) is 0.106. The molecule has 0 saturated heterocycles. The van der Waals surface area contributed by atoms with Crippen molar-refractivity contribution < 1.29 is 19.5 Å². The largest absolute Gasteiger partial charge is 0.493 e. The van der Waals surface area contributed by atoms with Crippen molar-refractivity contribution in [2.24, 2.45) is 0 Å². The summed E-state index contributed by atoms with van der Waals surface area (Å²) in [5, 5.41) is 18.8. The van der Waals surface area contributed by atoms with E-state index in [1.54, 1.807) is 18.2 Å². The average Bonchev–Trinajstić information content (AvgIpc) is 2.75. The summed E-state index contributed by atoms with van der Waals surface area (Å²) in [6.07, 6.45) is 0. The van der Waals surface area contributed by atoms with Crippen molar-refractivity contribution >= 4 is 28.2 Å². The van der Waals surface area contributed by atoms with E-state index in [4.69, 9.17) is 14.7 Å². The van der Waals surface area contributed by atoms with E-state index in [0.29, 0.717) is 22.7 Å². The second-order valence-electron chi connectivity index (χ2n) is 5.87. The molecule has 1 amide bonds. The van der Waals surface area contributed by atoms with Crippen LogP contribution in [-0.4, -0.2) is 36.9 Å². The molecule has 0 fully saturated rings. The van der Waals surface area contributed by atoms with E-state index in [9.17, 15) is 10.1 Å². The predicted octanol–water partition coefficient (Wildman–Crippen LogP) is 2.77. The third-order valence-corrected chi connectivity index (χ3v) is 4.19. The Kier molecular flexibility index (Phi) is 5.58. The van der Waals surface area contributed by atoms with Crippen molar-refractivity contribution in [1.82, 2.24) is 10.5 Å². The second-order valence-corrected chi connectivity index (χ2v) is 5.87. The summed E-state index contributed by atoms with van der Waals surface area (Å²) in [4.78, 5) is 17.5. The van der Waals surface area contributed by atoms with Crippen molar-refractivity contribution in [2.45, 2.75) is 0 Å². The molecule has 0 spiro atoms. The number of amides is 1. The van der Waals surface area contributed by atoms with E-state index < -0.39 is 5.91 Å². The Balaban J connectivity index is 2.03. The molecule has 0 aliphatic rings. The number of benzene rings is 2. The van der Waals surface area contributed by atoms with E-state index >= 15 is 0 Å². The minimum absolute atomic E-state index is 0.310. The summed E-state index contributed by atoms with van der Waals surface area (Å²) in [6, 6.07) is 16.6. The number of hydrogen-bond donors (Lipinski definition) is 2. The first-order chi connectivity index (χ1) is 13.6. The number of hydrogen-bond acceptors (Lipinski definition) is 7. The number of fused-ring (bicyclic) bond motifs is 1. The minimum atomic E-state index is -0.681. The molecular formula is C20H18N4O4. The van der Waals surface area contributed by atoms with Gasteiger partial charge in [0.1, 0.15) is 11.8 Å². The van der Waals surface area contributed by atoms with Crippen LogP contribution in [-0.2, 0) is 4.79 Å². The van der Waals surface area contributed by atoms with Crippen molar-refractivity contribution in [3.05, 3.63) is 54.2 Å². The maximum atomic E-state index is 11.3. The zero-order chi connectivity index (χ0) is 20.1. The van der Waals surface area contributed by atoms with Gasteiger partial charge in [-0.25, -0.2) is 10.5 Å². The van der Waals surface area contributed by atoms with Gasteiger partial charge in [0.15, 0.2) is 18.1 Å². The van der Waals surface area contributed by atoms with E-state index in [-0.39, 0.29) is 6.61 Å². The Morgan fingerprint density at radius 3 is 2.75 bits per heavy atom. The molecule has 0 saturated carbocycles. The molecule has 0 atom stereocenters. The van der Waals surface area contributed by atoms with Gasteiger partial charge < -0.3 is 14.4 Å². The van der Waals surface area contributed by atoms with Gasteiger partial charge in [0.2, 0.25) is 0 Å². The molecule has 0 aliphatic heterocycles. The number of nitrogens with one attached hydrogen (secondary N) is 1. The van der Waals surface area contributed by atoms with Crippen LogP contribution in [0.4, 0.5) is 11.4 Å². The van der Waals surface area contributed by atoms with Gasteiger partial charge in [-0.2, -0.15) is 5.26 Å². The summed E-state index contributed by atoms with van der Waals surface area (Å²) >= 11 is 0. The Labute approximate surface area is 161 Å². The van der Waals surface area contributed by atoms with Gasteiger partial charge in [0.05, 0.1) is 18.3 Å². The predicted molar refractivity (Wildman–Crippen MR) is 103 cm³/mol. The molecule has 142 valence electrons. The van der Waals surface area contributed by atoms with Crippen LogP contribution in [0.3, 0.4) is 0 Å². The zero-order valence-corrected chi connectivity index (χ0v) is 15.3. The van der Waals surface area contributed by atoms with Crippen molar-refractivity contribution in [1.29, 1.82) is 5.26 Å². The Bertz CT molecular complexity index is 1060. The van der Waals surface area contributed by atoms with Crippen molar-refractivity contribution in [2.75, 3.05) is 25.7 Å². The molecular weight excluding hydrogens is 360 g/mol. The molecule has 2 aromatic carbocycles.